The molecule has 0 aliphatic rings. The van der Waals surface area contributed by atoms with E-state index in [0.717, 1.165) is 5.56 Å². The normalized spacial score (nSPS) is 10.7. The van der Waals surface area contributed by atoms with E-state index in [1.165, 1.54) is 4.52 Å². The lowest BCUT2D eigenvalue weighted by atomic mass is 9.91. The summed E-state index contributed by atoms with van der Waals surface area (Å²) in [5.41, 5.74) is 1.66. The molecule has 0 atom stereocenters. The number of hydrogen-bond acceptors (Lipinski definition) is 4. The first-order valence-electron chi connectivity index (χ1n) is 3.86. The Balaban J connectivity index is 2.62. The highest BCUT2D eigenvalue weighted by molar-refractivity contribution is 6.56. The Morgan fingerprint density at radius 3 is 2.85 bits per heavy atom. The van der Waals surface area contributed by atoms with E-state index >= 15 is 0 Å². The summed E-state index contributed by atoms with van der Waals surface area (Å²) in [6.45, 7) is 1.93. The summed E-state index contributed by atoms with van der Waals surface area (Å²) in [5, 5.41) is 21.5. The molecule has 5 nitrogen and oxygen atoms in total. The quantitative estimate of drug-likeness (QED) is 0.532. The van der Waals surface area contributed by atoms with Gasteiger partial charge in [-0.25, -0.2) is 9.50 Å². The molecular weight excluding hydrogens is 169 g/mol. The van der Waals surface area contributed by atoms with E-state index in [9.17, 15) is 0 Å². The Morgan fingerprint density at radius 1 is 1.38 bits per heavy atom. The molecule has 2 heterocycles. The SMILES string of the molecule is Cc1ccc2nc(B(O)O)nn2c1. The fourth-order valence-corrected chi connectivity index (χ4v) is 1.11. The van der Waals surface area contributed by atoms with Crippen molar-refractivity contribution in [1.29, 1.82) is 0 Å². The zero-order valence-corrected chi connectivity index (χ0v) is 7.05. The minimum Gasteiger partial charge on any atom is -0.421 e. The standard InChI is InChI=1S/C7H8BN3O2/c1-5-2-3-6-9-7(8(12)13)10-11(6)4-5/h2-4,12-13H,1H3. The van der Waals surface area contributed by atoms with Gasteiger partial charge < -0.3 is 10.0 Å². The van der Waals surface area contributed by atoms with Gasteiger partial charge in [-0.3, -0.25) is 0 Å². The summed E-state index contributed by atoms with van der Waals surface area (Å²) in [7, 11) is -1.61. The molecule has 0 aliphatic carbocycles. The number of fused-ring (bicyclic) bond motifs is 1. The predicted octanol–water partition coefficient (Wildman–Crippen LogP) is -1.28. The molecule has 0 amide bonds. The van der Waals surface area contributed by atoms with Crippen LogP contribution in [0.2, 0.25) is 0 Å². The van der Waals surface area contributed by atoms with Crippen LogP contribution in [-0.2, 0) is 0 Å². The monoisotopic (exact) mass is 177 g/mol. The highest BCUT2D eigenvalue weighted by Gasteiger charge is 2.17. The molecule has 0 saturated carbocycles. The van der Waals surface area contributed by atoms with Crippen molar-refractivity contribution < 1.29 is 10.0 Å². The smallest absolute Gasteiger partial charge is 0.421 e. The van der Waals surface area contributed by atoms with E-state index in [1.807, 2.05) is 13.0 Å². The Kier molecular flexibility index (Phi) is 1.79. The van der Waals surface area contributed by atoms with Crippen LogP contribution in [0.3, 0.4) is 0 Å². The van der Waals surface area contributed by atoms with Gasteiger partial charge in [0.2, 0.25) is 0 Å². The third kappa shape index (κ3) is 1.41. The lowest BCUT2D eigenvalue weighted by Crippen LogP contribution is -2.33. The summed E-state index contributed by atoms with van der Waals surface area (Å²) >= 11 is 0. The van der Waals surface area contributed by atoms with Crippen molar-refractivity contribution in [3.63, 3.8) is 0 Å². The second kappa shape index (κ2) is 2.83. The lowest BCUT2D eigenvalue weighted by molar-refractivity contribution is 0.422. The van der Waals surface area contributed by atoms with Gasteiger partial charge in [-0.15, -0.1) is 0 Å². The van der Waals surface area contributed by atoms with Crippen LogP contribution in [0.5, 0.6) is 0 Å². The van der Waals surface area contributed by atoms with Gasteiger partial charge in [0.25, 0.3) is 0 Å². The second-order valence-electron chi connectivity index (χ2n) is 2.85. The number of aryl methyl sites for hydroxylation is 1. The molecule has 2 aromatic rings. The summed E-state index contributed by atoms with van der Waals surface area (Å²) in [6.07, 6.45) is 1.77. The highest BCUT2D eigenvalue weighted by Crippen LogP contribution is 1.99. The van der Waals surface area contributed by atoms with E-state index in [4.69, 9.17) is 10.0 Å². The molecule has 2 N–H and O–H groups in total. The van der Waals surface area contributed by atoms with Crippen LogP contribution < -0.4 is 5.72 Å². The molecule has 0 radical (unpaired) electrons. The first-order valence-corrected chi connectivity index (χ1v) is 3.86. The van der Waals surface area contributed by atoms with E-state index in [-0.39, 0.29) is 5.72 Å². The Bertz CT molecular complexity index is 440. The number of pyridine rings is 1. The molecule has 2 aromatic heterocycles. The third-order valence-corrected chi connectivity index (χ3v) is 1.73. The Morgan fingerprint density at radius 2 is 2.15 bits per heavy atom. The van der Waals surface area contributed by atoms with Crippen LogP contribution in [0, 0.1) is 6.92 Å². The van der Waals surface area contributed by atoms with Crippen LogP contribution in [0.15, 0.2) is 18.3 Å². The van der Waals surface area contributed by atoms with Crippen molar-refractivity contribution in [2.45, 2.75) is 6.92 Å². The van der Waals surface area contributed by atoms with Gasteiger partial charge in [0.05, 0.1) is 0 Å². The summed E-state index contributed by atoms with van der Waals surface area (Å²) in [6, 6.07) is 3.66. The van der Waals surface area contributed by atoms with Gasteiger partial charge in [0.15, 0.2) is 11.4 Å². The average Bonchev–Trinajstić information content (AvgIpc) is 2.46. The van der Waals surface area contributed by atoms with Crippen LogP contribution >= 0.6 is 0 Å². The van der Waals surface area contributed by atoms with Crippen LogP contribution in [-0.4, -0.2) is 31.8 Å². The zero-order valence-electron chi connectivity index (χ0n) is 7.05. The molecule has 2 rings (SSSR count). The number of aromatic nitrogens is 3. The third-order valence-electron chi connectivity index (χ3n) is 1.73. The summed E-state index contributed by atoms with van der Waals surface area (Å²) < 4.78 is 1.52. The molecule has 0 spiro atoms. The minimum absolute atomic E-state index is 0.0191. The minimum atomic E-state index is -1.61. The van der Waals surface area contributed by atoms with Gasteiger partial charge in [-0.1, -0.05) is 6.07 Å². The van der Waals surface area contributed by atoms with Crippen LogP contribution in [0.4, 0.5) is 0 Å². The molecule has 0 unspecified atom stereocenters. The van der Waals surface area contributed by atoms with Crippen molar-refractivity contribution in [2.75, 3.05) is 0 Å². The van der Waals surface area contributed by atoms with Gasteiger partial charge in [-0.2, -0.15) is 5.10 Å². The van der Waals surface area contributed by atoms with Crippen molar-refractivity contribution in [3.8, 4) is 0 Å². The molecule has 0 bridgehead atoms. The summed E-state index contributed by atoms with van der Waals surface area (Å²) in [5.74, 6) is 0. The molecule has 0 aliphatic heterocycles. The average molecular weight is 177 g/mol. The first-order chi connectivity index (χ1) is 6.16. The van der Waals surface area contributed by atoms with Gasteiger partial charge in [0, 0.05) is 6.20 Å². The zero-order chi connectivity index (χ0) is 9.42. The number of rotatable bonds is 1. The van der Waals surface area contributed by atoms with Gasteiger partial charge in [-0.05, 0) is 18.6 Å². The van der Waals surface area contributed by atoms with Crippen LogP contribution in [0.1, 0.15) is 5.56 Å². The maximum Gasteiger partial charge on any atom is 0.530 e. The maximum atomic E-state index is 8.81. The van der Waals surface area contributed by atoms with E-state index < -0.39 is 7.12 Å². The van der Waals surface area contributed by atoms with Crippen molar-refractivity contribution in [1.82, 2.24) is 14.6 Å². The number of nitrogens with zero attached hydrogens (tertiary/aromatic N) is 3. The topological polar surface area (TPSA) is 70.7 Å². The lowest BCUT2D eigenvalue weighted by Gasteiger charge is -1.91. The first kappa shape index (κ1) is 8.21. The molecule has 0 aromatic carbocycles. The van der Waals surface area contributed by atoms with Crippen molar-refractivity contribution >= 4 is 18.5 Å². The molecule has 0 fully saturated rings. The maximum absolute atomic E-state index is 8.81. The van der Waals surface area contributed by atoms with Crippen molar-refractivity contribution in [2.24, 2.45) is 0 Å². The molecule has 0 saturated heterocycles. The fraction of sp³-hybridized carbons (Fsp3) is 0.143. The van der Waals surface area contributed by atoms with Crippen molar-refractivity contribution in [3.05, 3.63) is 23.9 Å². The van der Waals surface area contributed by atoms with E-state index in [1.54, 1.807) is 12.3 Å². The van der Waals surface area contributed by atoms with Gasteiger partial charge >= 0.3 is 7.12 Å². The fourth-order valence-electron chi connectivity index (χ4n) is 1.11. The largest absolute Gasteiger partial charge is 0.530 e. The number of hydrogen-bond donors (Lipinski definition) is 2. The molecule has 13 heavy (non-hydrogen) atoms. The molecule has 66 valence electrons. The Hall–Kier alpha value is -1.40. The highest BCUT2D eigenvalue weighted by atomic mass is 16.4. The summed E-state index contributed by atoms with van der Waals surface area (Å²) in [4.78, 5) is 3.91. The van der Waals surface area contributed by atoms with E-state index in [2.05, 4.69) is 10.1 Å². The van der Waals surface area contributed by atoms with Gasteiger partial charge in [0.1, 0.15) is 0 Å². The van der Waals surface area contributed by atoms with Crippen LogP contribution in [0.25, 0.3) is 5.65 Å². The Labute approximate surface area is 74.8 Å². The second-order valence-corrected chi connectivity index (χ2v) is 2.85. The molecule has 6 heteroatoms. The van der Waals surface area contributed by atoms with E-state index in [0.29, 0.717) is 5.65 Å². The predicted molar refractivity (Wildman–Crippen MR) is 47.5 cm³/mol. The molecular formula is C7H8BN3O2.